The minimum atomic E-state index is -0.162. The molecule has 8 heteroatoms. The van der Waals surface area contributed by atoms with E-state index in [-0.39, 0.29) is 10.8 Å². The fraction of sp³-hybridized carbons (Fsp3) is 0.160. The molecule has 1 unspecified atom stereocenters. The minimum absolute atomic E-state index is 0.0945. The van der Waals surface area contributed by atoms with Crippen molar-refractivity contribution in [2.75, 3.05) is 0 Å². The lowest BCUT2D eigenvalue weighted by Gasteiger charge is -2.17. The zero-order valence-electron chi connectivity index (χ0n) is 18.5. The van der Waals surface area contributed by atoms with Gasteiger partial charge in [0.25, 0.3) is 5.56 Å². The van der Waals surface area contributed by atoms with Crippen molar-refractivity contribution in [3.63, 3.8) is 0 Å². The summed E-state index contributed by atoms with van der Waals surface area (Å²) in [4.78, 5) is 18.5. The molecule has 0 aliphatic heterocycles. The summed E-state index contributed by atoms with van der Waals surface area (Å²) in [6.07, 6.45) is 0. The van der Waals surface area contributed by atoms with E-state index in [1.54, 1.807) is 9.25 Å². The molecule has 0 bridgehead atoms. The Balaban J connectivity index is 1.64. The van der Waals surface area contributed by atoms with E-state index >= 15 is 0 Å². The molecule has 0 fully saturated rings. The Morgan fingerprint density at radius 1 is 0.879 bits per heavy atom. The highest BCUT2D eigenvalue weighted by Gasteiger charge is 2.21. The van der Waals surface area contributed by atoms with Crippen LogP contribution in [0.1, 0.15) is 29.1 Å². The SMILES string of the molecule is Cc1cc(C)cc(-n2c(SC(C)c3nnnn3-c3ccccc3)nc3ccccc3c2=O)c1. The van der Waals surface area contributed by atoms with Gasteiger partial charge in [0, 0.05) is 0 Å². The molecule has 0 aliphatic rings. The number of hydrogen-bond acceptors (Lipinski definition) is 6. The summed E-state index contributed by atoms with van der Waals surface area (Å²) in [5.41, 5.74) is 4.42. The Morgan fingerprint density at radius 2 is 1.58 bits per heavy atom. The summed E-state index contributed by atoms with van der Waals surface area (Å²) >= 11 is 1.46. The van der Waals surface area contributed by atoms with Crippen LogP contribution >= 0.6 is 11.8 Å². The Kier molecular flexibility index (Phi) is 5.51. The maximum absolute atomic E-state index is 13.6. The fourth-order valence-electron chi connectivity index (χ4n) is 3.91. The summed E-state index contributed by atoms with van der Waals surface area (Å²) in [7, 11) is 0. The van der Waals surface area contributed by atoms with E-state index < -0.39 is 0 Å². The van der Waals surface area contributed by atoms with Gasteiger partial charge in [0.05, 0.1) is 27.5 Å². The molecule has 33 heavy (non-hydrogen) atoms. The zero-order chi connectivity index (χ0) is 22.9. The van der Waals surface area contributed by atoms with Gasteiger partial charge >= 0.3 is 0 Å². The molecule has 0 N–H and O–H groups in total. The molecule has 2 heterocycles. The zero-order valence-corrected chi connectivity index (χ0v) is 19.3. The maximum atomic E-state index is 13.6. The second kappa shape index (κ2) is 8.63. The molecule has 2 aromatic heterocycles. The lowest BCUT2D eigenvalue weighted by atomic mass is 10.1. The van der Waals surface area contributed by atoms with Crippen molar-refractivity contribution in [2.45, 2.75) is 31.2 Å². The molecule has 7 nitrogen and oxygen atoms in total. The van der Waals surface area contributed by atoms with E-state index in [4.69, 9.17) is 4.98 Å². The summed E-state index contributed by atoms with van der Waals surface area (Å²) in [6.45, 7) is 6.07. The first-order chi connectivity index (χ1) is 16.0. The largest absolute Gasteiger partial charge is 0.268 e. The fourth-order valence-corrected chi connectivity index (χ4v) is 4.92. The van der Waals surface area contributed by atoms with Crippen molar-refractivity contribution in [1.29, 1.82) is 0 Å². The average Bonchev–Trinajstić information content (AvgIpc) is 3.29. The van der Waals surface area contributed by atoms with Crippen molar-refractivity contribution in [2.24, 2.45) is 0 Å². The van der Waals surface area contributed by atoms with E-state index in [0.29, 0.717) is 21.9 Å². The molecule has 1 atom stereocenters. The van der Waals surface area contributed by atoms with Crippen LogP contribution in [0.4, 0.5) is 0 Å². The number of fused-ring (bicyclic) bond motifs is 1. The van der Waals surface area contributed by atoms with Crippen molar-refractivity contribution < 1.29 is 0 Å². The lowest BCUT2D eigenvalue weighted by Crippen LogP contribution is -2.22. The molecule has 0 saturated carbocycles. The number of tetrazole rings is 1. The number of hydrogen-bond donors (Lipinski definition) is 0. The first kappa shape index (κ1) is 21.1. The maximum Gasteiger partial charge on any atom is 0.266 e. The molecular weight excluding hydrogens is 432 g/mol. The summed E-state index contributed by atoms with van der Waals surface area (Å²) < 4.78 is 3.41. The highest BCUT2D eigenvalue weighted by molar-refractivity contribution is 7.99. The van der Waals surface area contributed by atoms with E-state index in [2.05, 4.69) is 21.6 Å². The summed E-state index contributed by atoms with van der Waals surface area (Å²) in [6, 6.07) is 23.3. The van der Waals surface area contributed by atoms with Gasteiger partial charge < -0.3 is 0 Å². The molecule has 5 rings (SSSR count). The van der Waals surface area contributed by atoms with Crippen LogP contribution in [0.25, 0.3) is 22.3 Å². The van der Waals surface area contributed by atoms with Gasteiger partial charge in [-0.3, -0.25) is 9.36 Å². The Labute approximate surface area is 195 Å². The number of benzene rings is 3. The van der Waals surface area contributed by atoms with Crippen LogP contribution in [0.2, 0.25) is 0 Å². The molecule has 0 spiro atoms. The van der Waals surface area contributed by atoms with Gasteiger partial charge in [-0.2, -0.15) is 4.68 Å². The van der Waals surface area contributed by atoms with Crippen molar-refractivity contribution >= 4 is 22.7 Å². The molecule has 0 saturated heterocycles. The average molecular weight is 455 g/mol. The van der Waals surface area contributed by atoms with Gasteiger partial charge in [-0.1, -0.05) is 48.2 Å². The van der Waals surface area contributed by atoms with Crippen LogP contribution in [-0.2, 0) is 0 Å². The molecule has 3 aromatic carbocycles. The third-order valence-electron chi connectivity index (χ3n) is 5.35. The summed E-state index contributed by atoms with van der Waals surface area (Å²) in [5.74, 6) is 0.681. The van der Waals surface area contributed by atoms with Gasteiger partial charge in [0.1, 0.15) is 0 Å². The quantitative estimate of drug-likeness (QED) is 0.280. The van der Waals surface area contributed by atoms with Crippen molar-refractivity contribution in [1.82, 2.24) is 29.8 Å². The predicted molar refractivity (Wildman–Crippen MR) is 130 cm³/mol. The van der Waals surface area contributed by atoms with Crippen molar-refractivity contribution in [3.05, 3.63) is 100 Å². The molecular formula is C25H22N6OS. The smallest absolute Gasteiger partial charge is 0.266 e. The standard InChI is InChI=1S/C25H22N6OS/c1-16-13-17(2)15-20(14-16)30-24(32)21-11-7-8-12-22(21)26-25(30)33-18(3)23-27-28-29-31(23)19-9-5-4-6-10-19/h4-15,18H,1-3H3. The van der Waals surface area contributed by atoms with E-state index in [9.17, 15) is 4.79 Å². The Hall–Kier alpha value is -3.78. The van der Waals surface area contributed by atoms with Crippen LogP contribution in [0, 0.1) is 13.8 Å². The molecule has 164 valence electrons. The van der Waals surface area contributed by atoms with Gasteiger partial charge in [0.2, 0.25) is 0 Å². The van der Waals surface area contributed by atoms with Crippen LogP contribution < -0.4 is 5.56 Å². The Morgan fingerprint density at radius 3 is 2.33 bits per heavy atom. The number of nitrogens with zero attached hydrogens (tertiary/aromatic N) is 6. The predicted octanol–water partition coefficient (Wildman–Crippen LogP) is 4.83. The van der Waals surface area contributed by atoms with Crippen LogP contribution in [0.5, 0.6) is 0 Å². The van der Waals surface area contributed by atoms with Gasteiger partial charge in [-0.05, 0) is 78.7 Å². The second-order valence-electron chi connectivity index (χ2n) is 7.94. The number of rotatable bonds is 5. The van der Waals surface area contributed by atoms with Gasteiger partial charge in [-0.25, -0.2) is 4.98 Å². The number of para-hydroxylation sites is 2. The number of aryl methyl sites for hydroxylation is 2. The van der Waals surface area contributed by atoms with Gasteiger partial charge in [0.15, 0.2) is 11.0 Å². The molecule has 0 aliphatic carbocycles. The monoisotopic (exact) mass is 454 g/mol. The normalized spacial score (nSPS) is 12.2. The molecule has 5 aromatic rings. The number of aromatic nitrogens is 6. The van der Waals surface area contributed by atoms with Crippen LogP contribution in [-0.4, -0.2) is 29.8 Å². The van der Waals surface area contributed by atoms with Gasteiger partial charge in [-0.15, -0.1) is 5.10 Å². The lowest BCUT2D eigenvalue weighted by molar-refractivity contribution is 0.758. The number of thioether (sulfide) groups is 1. The first-order valence-electron chi connectivity index (χ1n) is 10.6. The van der Waals surface area contributed by atoms with Crippen LogP contribution in [0.3, 0.4) is 0 Å². The minimum Gasteiger partial charge on any atom is -0.268 e. The Bertz CT molecular complexity index is 1490. The third-order valence-corrected chi connectivity index (χ3v) is 6.40. The van der Waals surface area contributed by atoms with Crippen molar-refractivity contribution in [3.8, 4) is 11.4 Å². The summed E-state index contributed by atoms with van der Waals surface area (Å²) in [5, 5.41) is 13.4. The second-order valence-corrected chi connectivity index (χ2v) is 9.25. The topological polar surface area (TPSA) is 78.5 Å². The highest BCUT2D eigenvalue weighted by Crippen LogP contribution is 2.34. The van der Waals surface area contributed by atoms with E-state index in [1.807, 2.05) is 87.5 Å². The first-order valence-corrected chi connectivity index (χ1v) is 11.5. The molecule has 0 amide bonds. The van der Waals surface area contributed by atoms with E-state index in [1.165, 1.54) is 11.8 Å². The third kappa shape index (κ3) is 4.05. The van der Waals surface area contributed by atoms with E-state index in [0.717, 1.165) is 22.5 Å². The van der Waals surface area contributed by atoms with Crippen LogP contribution in [0.15, 0.2) is 82.7 Å². The highest BCUT2D eigenvalue weighted by atomic mass is 32.2. The molecule has 0 radical (unpaired) electrons.